The van der Waals surface area contributed by atoms with Gasteiger partial charge in [0.05, 0.1) is 6.61 Å². The number of esters is 2. The number of carbonyl (C=O) groups excluding carboxylic acids is 2. The molecule has 0 aliphatic carbocycles. The zero-order valence-corrected chi connectivity index (χ0v) is 18.5. The zero-order chi connectivity index (χ0) is 26.4. The van der Waals surface area contributed by atoms with Gasteiger partial charge in [-0.05, 0) is 47.5 Å². The maximum Gasteiger partial charge on any atom is 0.333 e. The van der Waals surface area contributed by atoms with Crippen molar-refractivity contribution in [2.75, 3.05) is 6.61 Å². The van der Waals surface area contributed by atoms with Gasteiger partial charge in [0.15, 0.2) is 35.2 Å². The van der Waals surface area contributed by atoms with E-state index in [-0.39, 0.29) is 11.5 Å². The summed E-state index contributed by atoms with van der Waals surface area (Å²) in [5.74, 6) is -3.53. The highest BCUT2D eigenvalue weighted by atomic mass is 16.7. The predicted octanol–water partition coefficient (Wildman–Crippen LogP) is 0.130. The van der Waals surface area contributed by atoms with E-state index in [1.807, 2.05) is 0 Å². The molecule has 1 heterocycles. The second kappa shape index (κ2) is 11.6. The molecule has 0 radical (unpaired) electrons. The number of aromatic hydroxyl groups is 4. The largest absolute Gasteiger partial charge is 0.504 e. The number of ether oxygens (including phenoxy) is 3. The minimum Gasteiger partial charge on any atom is -0.504 e. The Hall–Kier alpha value is -4.10. The molecule has 1 fully saturated rings. The number of rotatable bonds is 7. The normalized spacial score (nSPS) is 24.1. The van der Waals surface area contributed by atoms with Gasteiger partial charge in [0.25, 0.3) is 0 Å². The Morgan fingerprint density at radius 3 is 1.75 bits per heavy atom. The van der Waals surface area contributed by atoms with Gasteiger partial charge in [-0.25, -0.2) is 9.59 Å². The summed E-state index contributed by atoms with van der Waals surface area (Å²) >= 11 is 0. The Morgan fingerprint density at radius 2 is 1.28 bits per heavy atom. The van der Waals surface area contributed by atoms with Crippen LogP contribution in [0.1, 0.15) is 11.1 Å². The Morgan fingerprint density at radius 1 is 0.778 bits per heavy atom. The first kappa shape index (κ1) is 26.5. The molecule has 0 aromatic heterocycles. The lowest BCUT2D eigenvalue weighted by Gasteiger charge is -2.40. The molecule has 0 unspecified atom stereocenters. The van der Waals surface area contributed by atoms with Gasteiger partial charge in [0.2, 0.25) is 6.29 Å². The lowest BCUT2D eigenvalue weighted by molar-refractivity contribution is -0.293. The third kappa shape index (κ3) is 6.52. The van der Waals surface area contributed by atoms with Crippen LogP contribution in [-0.4, -0.2) is 85.0 Å². The van der Waals surface area contributed by atoms with Crippen LogP contribution in [0.5, 0.6) is 23.0 Å². The van der Waals surface area contributed by atoms with Crippen LogP contribution < -0.4 is 0 Å². The van der Waals surface area contributed by atoms with E-state index >= 15 is 0 Å². The van der Waals surface area contributed by atoms with Gasteiger partial charge >= 0.3 is 11.9 Å². The number of benzene rings is 2. The predicted molar refractivity (Wildman–Crippen MR) is 121 cm³/mol. The summed E-state index contributed by atoms with van der Waals surface area (Å²) in [6.45, 7) is -0.749. The molecule has 0 amide bonds. The number of aliphatic hydroxyl groups excluding tert-OH is 3. The molecule has 3 rings (SSSR count). The minimum atomic E-state index is -1.83. The summed E-state index contributed by atoms with van der Waals surface area (Å²) in [5, 5.41) is 68.0. The molecule has 1 aliphatic heterocycles. The van der Waals surface area contributed by atoms with Crippen LogP contribution in [0.25, 0.3) is 12.2 Å². The number of carbonyl (C=O) groups is 2. The van der Waals surface area contributed by atoms with E-state index in [1.54, 1.807) is 0 Å². The lowest BCUT2D eigenvalue weighted by atomic mass is 9.99. The fourth-order valence-electron chi connectivity index (χ4n) is 3.23. The third-order valence-corrected chi connectivity index (χ3v) is 5.13. The molecule has 2 aromatic carbocycles. The average molecular weight is 504 g/mol. The smallest absolute Gasteiger partial charge is 0.333 e. The van der Waals surface area contributed by atoms with Gasteiger partial charge in [-0.1, -0.05) is 12.1 Å². The van der Waals surface area contributed by atoms with Crippen molar-refractivity contribution in [3.8, 4) is 23.0 Å². The molecule has 1 saturated heterocycles. The van der Waals surface area contributed by atoms with Crippen molar-refractivity contribution in [2.24, 2.45) is 0 Å². The second-order valence-corrected chi connectivity index (χ2v) is 7.71. The number of aliphatic hydroxyl groups is 3. The van der Waals surface area contributed by atoms with Gasteiger partial charge in [0, 0.05) is 12.2 Å². The van der Waals surface area contributed by atoms with Gasteiger partial charge in [-0.15, -0.1) is 0 Å². The molecule has 7 N–H and O–H groups in total. The summed E-state index contributed by atoms with van der Waals surface area (Å²) in [5.41, 5.74) is 0.681. The van der Waals surface area contributed by atoms with Crippen molar-refractivity contribution in [3.05, 3.63) is 59.7 Å². The van der Waals surface area contributed by atoms with Crippen molar-refractivity contribution < 1.29 is 59.5 Å². The fourth-order valence-corrected chi connectivity index (χ4v) is 3.23. The molecule has 5 atom stereocenters. The topological polar surface area (TPSA) is 203 Å². The first-order chi connectivity index (χ1) is 17.1. The van der Waals surface area contributed by atoms with Gasteiger partial charge < -0.3 is 50.0 Å². The van der Waals surface area contributed by atoms with E-state index in [4.69, 9.17) is 14.2 Å². The Bertz CT molecular complexity index is 1160. The molecule has 1 aliphatic rings. The maximum atomic E-state index is 12.3. The van der Waals surface area contributed by atoms with E-state index in [0.717, 1.165) is 12.2 Å². The van der Waals surface area contributed by atoms with E-state index in [2.05, 4.69) is 0 Å². The molecule has 2 aromatic rings. The van der Waals surface area contributed by atoms with Crippen LogP contribution in [0.3, 0.4) is 0 Å². The Kier molecular flexibility index (Phi) is 8.51. The molecular formula is C24H24O12. The molecule has 12 nitrogen and oxygen atoms in total. The lowest BCUT2D eigenvalue weighted by Crippen LogP contribution is -2.60. The van der Waals surface area contributed by atoms with Crippen molar-refractivity contribution in [1.82, 2.24) is 0 Å². The van der Waals surface area contributed by atoms with Crippen molar-refractivity contribution in [1.29, 1.82) is 0 Å². The summed E-state index contributed by atoms with van der Waals surface area (Å²) in [6, 6.07) is 7.59. The van der Waals surface area contributed by atoms with Crippen LogP contribution >= 0.6 is 0 Å². The van der Waals surface area contributed by atoms with Crippen molar-refractivity contribution in [2.45, 2.75) is 30.7 Å². The second-order valence-electron chi connectivity index (χ2n) is 7.71. The molecule has 0 spiro atoms. The molecular weight excluding hydrogens is 480 g/mol. The van der Waals surface area contributed by atoms with E-state index in [9.17, 15) is 45.3 Å². The number of phenols is 4. The van der Waals surface area contributed by atoms with E-state index in [0.29, 0.717) is 11.1 Å². The highest BCUT2D eigenvalue weighted by Crippen LogP contribution is 2.28. The zero-order valence-electron chi connectivity index (χ0n) is 18.5. The Labute approximate surface area is 204 Å². The molecule has 0 bridgehead atoms. The number of phenolic OH excluding ortho intramolecular Hbond substituents is 4. The Balaban J connectivity index is 1.66. The average Bonchev–Trinajstić information content (AvgIpc) is 2.85. The van der Waals surface area contributed by atoms with Crippen LogP contribution in [0.2, 0.25) is 0 Å². The van der Waals surface area contributed by atoms with Crippen molar-refractivity contribution >= 4 is 24.1 Å². The molecule has 192 valence electrons. The highest BCUT2D eigenvalue weighted by Gasteiger charge is 2.48. The van der Waals surface area contributed by atoms with Gasteiger partial charge in [-0.3, -0.25) is 0 Å². The number of hydrogen-bond donors (Lipinski definition) is 7. The molecule has 0 saturated carbocycles. The summed E-state index contributed by atoms with van der Waals surface area (Å²) < 4.78 is 15.4. The van der Waals surface area contributed by atoms with Gasteiger partial charge in [-0.2, -0.15) is 0 Å². The first-order valence-corrected chi connectivity index (χ1v) is 10.5. The highest BCUT2D eigenvalue weighted by molar-refractivity contribution is 5.88. The maximum absolute atomic E-state index is 12.3. The molecule has 36 heavy (non-hydrogen) atoms. The van der Waals surface area contributed by atoms with Crippen LogP contribution in [-0.2, 0) is 23.8 Å². The van der Waals surface area contributed by atoms with Crippen LogP contribution in [0.4, 0.5) is 0 Å². The standard InChI is InChI=1S/C24H24O12/c25-11-18-21(32)23(35-19(30)7-3-12-1-5-14(26)16(28)9-12)22(33)24(34-18)36-20(31)8-4-13-2-6-15(27)17(29)10-13/h1-10,18,21-29,32-33H,11H2/t18-,21-,22-,23+,24+/m1/s1. The first-order valence-electron chi connectivity index (χ1n) is 10.5. The van der Waals surface area contributed by atoms with Crippen molar-refractivity contribution in [3.63, 3.8) is 0 Å². The SMILES string of the molecule is O=C(C=Cc1ccc(O)c(O)c1)O[C@@H]1O[C@H](CO)[C@@H](O)[C@H](OC(=O)C=Cc2ccc(O)c(O)c2)[C@H]1O. The summed E-state index contributed by atoms with van der Waals surface area (Å²) in [6.07, 6.45) is -3.84. The summed E-state index contributed by atoms with van der Waals surface area (Å²) in [7, 11) is 0. The van der Waals surface area contributed by atoms with Crippen LogP contribution in [0, 0.1) is 0 Å². The van der Waals surface area contributed by atoms with Crippen LogP contribution in [0.15, 0.2) is 48.6 Å². The van der Waals surface area contributed by atoms with E-state index in [1.165, 1.54) is 48.6 Å². The molecule has 12 heteroatoms. The third-order valence-electron chi connectivity index (χ3n) is 5.13. The number of hydrogen-bond acceptors (Lipinski definition) is 12. The fraction of sp³-hybridized carbons (Fsp3) is 0.250. The van der Waals surface area contributed by atoms with Gasteiger partial charge in [0.1, 0.15) is 12.2 Å². The quantitative estimate of drug-likeness (QED) is 0.153. The summed E-state index contributed by atoms with van der Waals surface area (Å²) in [4.78, 5) is 24.5. The minimum absolute atomic E-state index is 0.337. The van der Waals surface area contributed by atoms with E-state index < -0.39 is 60.8 Å². The monoisotopic (exact) mass is 504 g/mol.